The zero-order chi connectivity index (χ0) is 16.0. The van der Waals surface area contributed by atoms with Crippen molar-refractivity contribution in [2.24, 2.45) is 0 Å². The minimum Gasteiger partial charge on any atom is -0.294 e. The van der Waals surface area contributed by atoms with Crippen LogP contribution in [0.15, 0.2) is 0 Å². The summed E-state index contributed by atoms with van der Waals surface area (Å²) in [5.41, 5.74) is -0.582. The van der Waals surface area contributed by atoms with E-state index in [9.17, 15) is 18.0 Å². The number of carbonyl (C=O) groups excluding carboxylic acids is 1. The summed E-state index contributed by atoms with van der Waals surface area (Å²) in [5.74, 6) is -3.48. The number of rotatable bonds is 3. The van der Waals surface area contributed by atoms with Gasteiger partial charge in [-0.2, -0.15) is 0 Å². The Morgan fingerprint density at radius 1 is 0.750 bits per heavy atom. The van der Waals surface area contributed by atoms with Gasteiger partial charge in [-0.05, 0) is 6.92 Å². The molecule has 20 heavy (non-hydrogen) atoms. The quantitative estimate of drug-likeness (QED) is 0.617. The van der Waals surface area contributed by atoms with Crippen molar-refractivity contribution in [1.29, 1.82) is 0 Å². The van der Waals surface area contributed by atoms with Crippen LogP contribution in [0.1, 0.15) is 17.3 Å². The first-order valence-corrected chi connectivity index (χ1v) is 13.5. The highest BCUT2D eigenvalue weighted by atomic mass is 28.3. The lowest BCUT2D eigenvalue weighted by Crippen LogP contribution is -2.53. The van der Waals surface area contributed by atoms with Crippen LogP contribution >= 0.6 is 0 Å². The molecular formula is C14H21F3OSi2. The lowest BCUT2D eigenvalue weighted by molar-refractivity contribution is 0.101. The van der Waals surface area contributed by atoms with Gasteiger partial charge in [0.1, 0.15) is 17.5 Å². The van der Waals surface area contributed by atoms with Crippen LogP contribution in [0.5, 0.6) is 0 Å². The summed E-state index contributed by atoms with van der Waals surface area (Å²) >= 11 is 0. The van der Waals surface area contributed by atoms with Gasteiger partial charge in [-0.15, -0.1) is 0 Å². The van der Waals surface area contributed by atoms with Gasteiger partial charge in [-0.25, -0.2) is 13.2 Å². The number of hydrogen-bond acceptors (Lipinski definition) is 1. The maximum Gasteiger partial charge on any atom is 0.165 e. The Kier molecular flexibility index (Phi) is 4.42. The second kappa shape index (κ2) is 5.14. The van der Waals surface area contributed by atoms with Gasteiger partial charge in [0.25, 0.3) is 0 Å². The van der Waals surface area contributed by atoms with Crippen LogP contribution < -0.4 is 10.4 Å². The van der Waals surface area contributed by atoms with E-state index in [0.29, 0.717) is 0 Å². The third-order valence-electron chi connectivity index (χ3n) is 3.17. The number of hydrogen-bond donors (Lipinski definition) is 0. The molecule has 0 atom stereocenters. The van der Waals surface area contributed by atoms with Crippen LogP contribution in [0.4, 0.5) is 13.2 Å². The second-order valence-corrected chi connectivity index (χ2v) is 17.1. The van der Waals surface area contributed by atoms with Crippen LogP contribution in [-0.4, -0.2) is 21.9 Å². The van der Waals surface area contributed by atoms with E-state index >= 15 is 0 Å². The first kappa shape index (κ1) is 17.2. The molecule has 0 aliphatic carbocycles. The van der Waals surface area contributed by atoms with Crippen LogP contribution in [0.2, 0.25) is 39.3 Å². The first-order chi connectivity index (χ1) is 8.80. The highest BCUT2D eigenvalue weighted by Gasteiger charge is 2.37. The summed E-state index contributed by atoms with van der Waals surface area (Å²) in [6.07, 6.45) is 0. The van der Waals surface area contributed by atoms with Crippen molar-refractivity contribution >= 4 is 32.3 Å². The Labute approximate surface area is 120 Å². The molecule has 1 aromatic carbocycles. The molecule has 0 bridgehead atoms. The Morgan fingerprint density at radius 2 is 1.05 bits per heavy atom. The smallest absolute Gasteiger partial charge is 0.165 e. The Morgan fingerprint density at radius 3 is 1.25 bits per heavy atom. The fourth-order valence-electron chi connectivity index (χ4n) is 2.29. The molecule has 0 aliphatic rings. The number of carbonyl (C=O) groups is 1. The number of ketones is 1. The van der Waals surface area contributed by atoms with Crippen LogP contribution in [0.25, 0.3) is 0 Å². The van der Waals surface area contributed by atoms with Crippen LogP contribution in [0, 0.1) is 17.5 Å². The van der Waals surface area contributed by atoms with Crippen molar-refractivity contribution in [3.05, 3.63) is 23.0 Å². The van der Waals surface area contributed by atoms with Crippen molar-refractivity contribution in [3.63, 3.8) is 0 Å². The largest absolute Gasteiger partial charge is 0.294 e. The van der Waals surface area contributed by atoms with Gasteiger partial charge >= 0.3 is 0 Å². The number of halogens is 3. The molecule has 0 N–H and O–H groups in total. The molecule has 0 heterocycles. The molecule has 0 saturated heterocycles. The minimum atomic E-state index is -2.38. The highest BCUT2D eigenvalue weighted by molar-refractivity contribution is 6.91. The van der Waals surface area contributed by atoms with E-state index in [4.69, 9.17) is 0 Å². The van der Waals surface area contributed by atoms with Gasteiger partial charge in [0.2, 0.25) is 0 Å². The molecule has 112 valence electrons. The molecule has 0 unspecified atom stereocenters. The Bertz CT molecular complexity index is 528. The van der Waals surface area contributed by atoms with E-state index in [1.165, 1.54) is 0 Å². The van der Waals surface area contributed by atoms with Gasteiger partial charge in [0, 0.05) is 10.4 Å². The summed E-state index contributed by atoms with van der Waals surface area (Å²) in [6.45, 7) is 11.8. The summed E-state index contributed by atoms with van der Waals surface area (Å²) < 4.78 is 43.6. The molecular weight excluding hydrogens is 297 g/mol. The lowest BCUT2D eigenvalue weighted by atomic mass is 10.1. The first-order valence-electron chi connectivity index (χ1n) is 6.52. The summed E-state index contributed by atoms with van der Waals surface area (Å²) in [7, 11) is -4.76. The summed E-state index contributed by atoms with van der Waals surface area (Å²) in [6, 6.07) is 0. The van der Waals surface area contributed by atoms with Gasteiger partial charge in [0.15, 0.2) is 5.78 Å². The van der Waals surface area contributed by atoms with Crippen LogP contribution in [0.3, 0.4) is 0 Å². The molecule has 0 saturated carbocycles. The molecule has 1 nitrogen and oxygen atoms in total. The van der Waals surface area contributed by atoms with Gasteiger partial charge in [-0.1, -0.05) is 39.3 Å². The molecule has 6 heteroatoms. The molecule has 0 fully saturated rings. The van der Waals surface area contributed by atoms with E-state index in [0.717, 1.165) is 6.92 Å². The molecule has 0 spiro atoms. The maximum atomic E-state index is 14.7. The zero-order valence-electron chi connectivity index (χ0n) is 13.0. The zero-order valence-corrected chi connectivity index (χ0v) is 15.0. The van der Waals surface area contributed by atoms with Crippen molar-refractivity contribution in [3.8, 4) is 0 Å². The SMILES string of the molecule is CC(=O)c1c(F)c([Si](C)(C)C)c(F)c([Si](C)(C)C)c1F. The fraction of sp³-hybridized carbons (Fsp3) is 0.500. The summed E-state index contributed by atoms with van der Waals surface area (Å²) in [4.78, 5) is 11.6. The molecule has 0 amide bonds. The van der Waals surface area contributed by atoms with E-state index in [-0.39, 0.29) is 10.4 Å². The lowest BCUT2D eigenvalue weighted by Gasteiger charge is -2.27. The van der Waals surface area contributed by atoms with E-state index in [1.54, 1.807) is 39.3 Å². The molecule has 1 rings (SSSR count). The summed E-state index contributed by atoms with van der Waals surface area (Å²) in [5, 5.41) is -0.136. The standard InChI is InChI=1S/C14H21F3OSi2/c1-8(18)9-10(15)13(19(2,3)4)12(17)14(11(9)16)20(5,6)7/h1-7H3. The third kappa shape index (κ3) is 2.90. The third-order valence-corrected chi connectivity index (χ3v) is 7.05. The molecule has 0 radical (unpaired) electrons. The molecule has 0 aliphatic heterocycles. The number of Topliss-reactive ketones (excluding diaryl/α,β-unsaturated/α-hetero) is 1. The van der Waals surface area contributed by atoms with E-state index in [1.807, 2.05) is 0 Å². The predicted molar refractivity (Wildman–Crippen MR) is 82.3 cm³/mol. The van der Waals surface area contributed by atoms with Crippen LogP contribution in [-0.2, 0) is 0 Å². The molecule has 0 aromatic heterocycles. The Balaban J connectivity index is 4.00. The van der Waals surface area contributed by atoms with Gasteiger partial charge < -0.3 is 0 Å². The van der Waals surface area contributed by atoms with E-state index in [2.05, 4.69) is 0 Å². The van der Waals surface area contributed by atoms with Gasteiger partial charge in [0.05, 0.1) is 21.7 Å². The average Bonchev–Trinajstić information content (AvgIpc) is 2.09. The normalized spacial score (nSPS) is 12.7. The van der Waals surface area contributed by atoms with E-state index < -0.39 is 44.9 Å². The maximum absolute atomic E-state index is 14.7. The Hall–Kier alpha value is -0.886. The predicted octanol–water partition coefficient (Wildman–Crippen LogP) is 3.40. The highest BCUT2D eigenvalue weighted by Crippen LogP contribution is 2.20. The fourth-order valence-corrected chi connectivity index (χ4v) is 5.55. The van der Waals surface area contributed by atoms with Crippen molar-refractivity contribution in [2.45, 2.75) is 46.2 Å². The van der Waals surface area contributed by atoms with Crippen molar-refractivity contribution < 1.29 is 18.0 Å². The van der Waals surface area contributed by atoms with Crippen molar-refractivity contribution in [2.75, 3.05) is 0 Å². The van der Waals surface area contributed by atoms with Gasteiger partial charge in [-0.3, -0.25) is 4.79 Å². The average molecular weight is 318 g/mol. The minimum absolute atomic E-state index is 0.0680. The van der Waals surface area contributed by atoms with Crippen molar-refractivity contribution in [1.82, 2.24) is 0 Å². The molecule has 1 aromatic rings. The topological polar surface area (TPSA) is 17.1 Å². The monoisotopic (exact) mass is 318 g/mol. The number of benzene rings is 1. The second-order valence-electron chi connectivity index (χ2n) is 7.12.